The van der Waals surface area contributed by atoms with Crippen molar-refractivity contribution in [3.05, 3.63) is 28.7 Å². The van der Waals surface area contributed by atoms with Gasteiger partial charge >= 0.3 is 6.03 Å². The topological polar surface area (TPSA) is 56.4 Å². The number of hydrogen-bond donors (Lipinski definition) is 3. The van der Waals surface area contributed by atoms with Crippen LogP contribution in [0.25, 0.3) is 0 Å². The van der Waals surface area contributed by atoms with E-state index in [1.807, 2.05) is 29.2 Å². The molecule has 25 heavy (non-hydrogen) atoms. The molecule has 1 aromatic rings. The third kappa shape index (κ3) is 2.69. The molecule has 5 unspecified atom stereocenters. The van der Waals surface area contributed by atoms with Crippen LogP contribution < -0.4 is 16.2 Å². The van der Waals surface area contributed by atoms with Crippen LogP contribution in [0.1, 0.15) is 32.1 Å². The highest BCUT2D eigenvalue weighted by atomic mass is 79.9. The van der Waals surface area contributed by atoms with Crippen molar-refractivity contribution in [2.24, 2.45) is 17.3 Å². The maximum atomic E-state index is 12.7. The zero-order chi connectivity index (χ0) is 17.0. The fraction of sp³-hybridized carbons (Fsp3) is 0.632. The highest BCUT2D eigenvalue weighted by molar-refractivity contribution is 9.10. The number of piperidine rings is 1. The maximum absolute atomic E-state index is 12.7. The molecule has 4 fully saturated rings. The molecule has 0 radical (unpaired) electrons. The molecule has 2 saturated carbocycles. The normalized spacial score (nSPS) is 39.0. The number of anilines is 1. The molecule has 0 aromatic heterocycles. The van der Waals surface area contributed by atoms with E-state index in [-0.39, 0.29) is 6.03 Å². The van der Waals surface area contributed by atoms with Crippen molar-refractivity contribution < 1.29 is 4.79 Å². The van der Waals surface area contributed by atoms with Gasteiger partial charge in [0.2, 0.25) is 0 Å². The molecule has 5 rings (SSSR count). The third-order valence-electron chi connectivity index (χ3n) is 6.97. The van der Waals surface area contributed by atoms with Crippen LogP contribution >= 0.6 is 15.9 Å². The van der Waals surface area contributed by atoms with Crippen LogP contribution in [0.3, 0.4) is 0 Å². The van der Waals surface area contributed by atoms with Crippen LogP contribution in [0.5, 0.6) is 0 Å². The molecule has 2 heterocycles. The zero-order valence-corrected chi connectivity index (χ0v) is 15.9. The number of fused-ring (bicyclic) bond motifs is 2. The van der Waals surface area contributed by atoms with Crippen LogP contribution in [0.4, 0.5) is 10.5 Å². The van der Waals surface area contributed by atoms with Gasteiger partial charge in [-0.15, -0.1) is 0 Å². The number of hydrazine groups is 1. The van der Waals surface area contributed by atoms with Gasteiger partial charge < -0.3 is 10.2 Å². The predicted molar refractivity (Wildman–Crippen MR) is 101 cm³/mol. The molecule has 5 atom stereocenters. The van der Waals surface area contributed by atoms with E-state index in [1.165, 1.54) is 25.7 Å². The largest absolute Gasteiger partial charge is 0.324 e. The van der Waals surface area contributed by atoms with Gasteiger partial charge in [-0.1, -0.05) is 28.4 Å². The number of nitrogens with zero attached hydrogens (tertiary/aromatic N) is 1. The Hall–Kier alpha value is -1.11. The number of carbonyl (C=O) groups excluding carboxylic acids is 1. The molecule has 2 aliphatic carbocycles. The molecule has 5 nitrogen and oxygen atoms in total. The van der Waals surface area contributed by atoms with Crippen LogP contribution in [-0.4, -0.2) is 36.1 Å². The molecule has 2 amide bonds. The summed E-state index contributed by atoms with van der Waals surface area (Å²) in [5, 5.41) is 3.05. The maximum Gasteiger partial charge on any atom is 0.321 e. The number of benzene rings is 1. The van der Waals surface area contributed by atoms with Gasteiger partial charge in [0.25, 0.3) is 0 Å². The Bertz CT molecular complexity index is 698. The van der Waals surface area contributed by atoms with Crippen molar-refractivity contribution in [3.63, 3.8) is 0 Å². The van der Waals surface area contributed by atoms with E-state index in [0.717, 1.165) is 35.6 Å². The first-order chi connectivity index (χ1) is 12.2. The first kappa shape index (κ1) is 16.1. The minimum Gasteiger partial charge on any atom is -0.324 e. The second-order valence-electron chi connectivity index (χ2n) is 8.24. The average molecular weight is 405 g/mol. The lowest BCUT2D eigenvalue weighted by atomic mass is 9.79. The van der Waals surface area contributed by atoms with Crippen molar-refractivity contribution in [1.82, 2.24) is 15.8 Å². The standard InChI is InChI=1S/C19H25BrN4O/c20-13-4-1-5-14(9-13)21-18(25)24-8-6-16-15(11-24)17(23-22-16)19-7-2-3-12(19)10-19/h1,4-5,9,12,15-17,22-23H,2-3,6-8,10-11H2,(H,21,25). The molecule has 1 aromatic carbocycles. The quantitative estimate of drug-likeness (QED) is 0.708. The van der Waals surface area contributed by atoms with Crippen molar-refractivity contribution >= 4 is 27.6 Å². The lowest BCUT2D eigenvalue weighted by Gasteiger charge is -2.38. The Morgan fingerprint density at radius 2 is 2.24 bits per heavy atom. The minimum absolute atomic E-state index is 0.0264. The molecule has 0 spiro atoms. The van der Waals surface area contributed by atoms with Gasteiger partial charge in [-0.05, 0) is 55.2 Å². The van der Waals surface area contributed by atoms with Gasteiger partial charge in [-0.2, -0.15) is 0 Å². The van der Waals surface area contributed by atoms with E-state index in [2.05, 4.69) is 32.1 Å². The Kier molecular flexibility index (Phi) is 3.84. The first-order valence-corrected chi connectivity index (χ1v) is 10.3. The first-order valence-electron chi connectivity index (χ1n) is 9.48. The highest BCUT2D eigenvalue weighted by Gasteiger charge is 2.64. The summed E-state index contributed by atoms with van der Waals surface area (Å²) in [5.74, 6) is 1.46. The molecule has 134 valence electrons. The van der Waals surface area contributed by atoms with Crippen molar-refractivity contribution in [2.75, 3.05) is 18.4 Å². The second kappa shape index (κ2) is 5.96. The Labute approximate surface area is 157 Å². The monoisotopic (exact) mass is 404 g/mol. The van der Waals surface area contributed by atoms with Gasteiger partial charge in [0, 0.05) is 41.3 Å². The summed E-state index contributed by atoms with van der Waals surface area (Å²) in [4.78, 5) is 14.8. The lowest BCUT2D eigenvalue weighted by Crippen LogP contribution is -2.51. The summed E-state index contributed by atoms with van der Waals surface area (Å²) < 4.78 is 0.980. The summed E-state index contributed by atoms with van der Waals surface area (Å²) in [7, 11) is 0. The smallest absolute Gasteiger partial charge is 0.321 e. The fourth-order valence-corrected chi connectivity index (χ4v) is 6.03. The van der Waals surface area contributed by atoms with Crippen molar-refractivity contribution in [2.45, 2.75) is 44.2 Å². The van der Waals surface area contributed by atoms with Crippen LogP contribution in [-0.2, 0) is 0 Å². The third-order valence-corrected chi connectivity index (χ3v) is 7.46. The van der Waals surface area contributed by atoms with Gasteiger partial charge in [0.05, 0.1) is 0 Å². The summed E-state index contributed by atoms with van der Waals surface area (Å²) in [6, 6.07) is 8.86. The number of rotatable bonds is 2. The van der Waals surface area contributed by atoms with Crippen LogP contribution in [0.15, 0.2) is 28.7 Å². The molecule has 2 saturated heterocycles. The van der Waals surface area contributed by atoms with Gasteiger partial charge in [0.15, 0.2) is 0 Å². The fourth-order valence-electron chi connectivity index (χ4n) is 5.64. The van der Waals surface area contributed by atoms with E-state index in [9.17, 15) is 4.79 Å². The van der Waals surface area contributed by atoms with E-state index >= 15 is 0 Å². The molecule has 2 aliphatic heterocycles. The zero-order valence-electron chi connectivity index (χ0n) is 14.3. The summed E-state index contributed by atoms with van der Waals surface area (Å²) in [6.45, 7) is 1.67. The number of carbonyl (C=O) groups is 1. The molecular weight excluding hydrogens is 380 g/mol. The summed E-state index contributed by atoms with van der Waals surface area (Å²) in [6.07, 6.45) is 6.57. The summed E-state index contributed by atoms with van der Waals surface area (Å²) in [5.41, 5.74) is 8.53. The molecule has 3 N–H and O–H groups in total. The number of nitrogens with one attached hydrogen (secondary N) is 3. The predicted octanol–water partition coefficient (Wildman–Crippen LogP) is 3.34. The number of urea groups is 1. The van der Waals surface area contributed by atoms with Gasteiger partial charge in [0.1, 0.15) is 0 Å². The Morgan fingerprint density at radius 3 is 3.00 bits per heavy atom. The van der Waals surface area contributed by atoms with E-state index in [0.29, 0.717) is 23.4 Å². The minimum atomic E-state index is 0.0264. The number of amides is 2. The average Bonchev–Trinajstić information content (AvgIpc) is 2.96. The Morgan fingerprint density at radius 1 is 1.32 bits per heavy atom. The summed E-state index contributed by atoms with van der Waals surface area (Å²) >= 11 is 3.46. The van der Waals surface area contributed by atoms with Gasteiger partial charge in [-0.25, -0.2) is 4.79 Å². The second-order valence-corrected chi connectivity index (χ2v) is 9.15. The van der Waals surface area contributed by atoms with Crippen LogP contribution in [0.2, 0.25) is 0 Å². The molecular formula is C19H25BrN4O. The van der Waals surface area contributed by atoms with E-state index in [1.54, 1.807) is 0 Å². The molecule has 6 heteroatoms. The van der Waals surface area contributed by atoms with Crippen molar-refractivity contribution in [3.8, 4) is 0 Å². The number of likely N-dealkylation sites (tertiary alicyclic amines) is 1. The number of halogens is 1. The number of hydrogen-bond acceptors (Lipinski definition) is 3. The Balaban J connectivity index is 1.28. The van der Waals surface area contributed by atoms with Gasteiger partial charge in [-0.3, -0.25) is 10.9 Å². The van der Waals surface area contributed by atoms with E-state index in [4.69, 9.17) is 0 Å². The molecule has 0 bridgehead atoms. The van der Waals surface area contributed by atoms with Crippen molar-refractivity contribution in [1.29, 1.82) is 0 Å². The van der Waals surface area contributed by atoms with Crippen LogP contribution in [0, 0.1) is 17.3 Å². The highest BCUT2D eigenvalue weighted by Crippen LogP contribution is 2.67. The van der Waals surface area contributed by atoms with E-state index < -0.39 is 0 Å². The molecule has 4 aliphatic rings. The SMILES string of the molecule is O=C(Nc1cccc(Br)c1)N1CCC2NNC(C34CCCC3C4)C2C1. The lowest BCUT2D eigenvalue weighted by molar-refractivity contribution is 0.150.